The lowest BCUT2D eigenvalue weighted by Crippen LogP contribution is -2.13. The second-order valence-corrected chi connectivity index (χ2v) is 2.60. The molecule has 0 aliphatic heterocycles. The highest BCUT2D eigenvalue weighted by Crippen LogP contribution is 2.12. The molecule has 0 amide bonds. The molecule has 1 aromatic rings. The third-order valence-corrected chi connectivity index (χ3v) is 1.77. The Labute approximate surface area is 68.3 Å². The molecule has 0 unspecified atom stereocenters. The third-order valence-electron chi connectivity index (χ3n) is 1.77. The summed E-state index contributed by atoms with van der Waals surface area (Å²) < 4.78 is 5.03. The molecule has 0 fully saturated rings. The summed E-state index contributed by atoms with van der Waals surface area (Å²) in [6.07, 6.45) is 4.42. The molecule has 0 radical (unpaired) electrons. The van der Waals surface area contributed by atoms with Crippen LogP contribution < -0.4 is 5.43 Å². The number of carbonyl (C=O) groups excluding carboxylic acids is 1. The number of rotatable bonds is 0. The van der Waals surface area contributed by atoms with E-state index in [1.54, 1.807) is 0 Å². The molecule has 2 rings (SSSR count). The van der Waals surface area contributed by atoms with Gasteiger partial charge in [0.2, 0.25) is 0 Å². The molecule has 1 aliphatic rings. The van der Waals surface area contributed by atoms with Crippen LogP contribution in [0.3, 0.4) is 0 Å². The first-order chi connectivity index (χ1) is 5.77. The summed E-state index contributed by atoms with van der Waals surface area (Å²) in [6.45, 7) is 0. The highest BCUT2D eigenvalue weighted by atomic mass is 16.3. The predicted molar refractivity (Wildman–Crippen MR) is 42.7 cm³/mol. The van der Waals surface area contributed by atoms with Crippen molar-refractivity contribution in [1.82, 2.24) is 0 Å². The summed E-state index contributed by atoms with van der Waals surface area (Å²) >= 11 is 0. The van der Waals surface area contributed by atoms with Crippen molar-refractivity contribution in [3.63, 3.8) is 0 Å². The van der Waals surface area contributed by atoms with Gasteiger partial charge in [-0.2, -0.15) is 0 Å². The van der Waals surface area contributed by atoms with Gasteiger partial charge in [-0.3, -0.25) is 9.59 Å². The zero-order chi connectivity index (χ0) is 8.55. The minimum atomic E-state index is -0.0972. The quantitative estimate of drug-likeness (QED) is 0.566. The van der Waals surface area contributed by atoms with Crippen LogP contribution in [0.5, 0.6) is 0 Å². The first kappa shape index (κ1) is 7.03. The molecule has 3 heteroatoms. The number of hydrogen-bond acceptors (Lipinski definition) is 3. The van der Waals surface area contributed by atoms with E-state index in [0.717, 1.165) is 0 Å². The van der Waals surface area contributed by atoms with Crippen molar-refractivity contribution in [2.75, 3.05) is 0 Å². The van der Waals surface area contributed by atoms with Gasteiger partial charge in [0.05, 0.1) is 18.2 Å². The minimum Gasteiger partial charge on any atom is -0.468 e. The number of carbonyl (C=O) groups is 1. The first-order valence-corrected chi connectivity index (χ1v) is 3.59. The van der Waals surface area contributed by atoms with Crippen molar-refractivity contribution in [1.29, 1.82) is 0 Å². The maximum atomic E-state index is 11.1. The SMILES string of the molecule is O=C1C=Cc2c(occc2=O)C1. The van der Waals surface area contributed by atoms with E-state index >= 15 is 0 Å². The van der Waals surface area contributed by atoms with Gasteiger partial charge < -0.3 is 4.42 Å². The number of fused-ring (bicyclic) bond motifs is 1. The van der Waals surface area contributed by atoms with E-state index in [-0.39, 0.29) is 17.6 Å². The van der Waals surface area contributed by atoms with Crippen molar-refractivity contribution in [2.45, 2.75) is 6.42 Å². The topological polar surface area (TPSA) is 47.3 Å². The average molecular weight is 162 g/mol. The van der Waals surface area contributed by atoms with Crippen LogP contribution >= 0.6 is 0 Å². The highest BCUT2D eigenvalue weighted by molar-refractivity contribution is 5.97. The fourth-order valence-corrected chi connectivity index (χ4v) is 1.17. The fourth-order valence-electron chi connectivity index (χ4n) is 1.17. The van der Waals surface area contributed by atoms with Gasteiger partial charge in [-0.1, -0.05) is 0 Å². The van der Waals surface area contributed by atoms with Crippen molar-refractivity contribution in [3.05, 3.63) is 40.0 Å². The van der Waals surface area contributed by atoms with E-state index in [4.69, 9.17) is 4.42 Å². The summed E-state index contributed by atoms with van der Waals surface area (Å²) in [7, 11) is 0. The Hall–Kier alpha value is -1.64. The second kappa shape index (κ2) is 2.44. The molecule has 1 aromatic heterocycles. The molecule has 0 aromatic carbocycles. The summed E-state index contributed by atoms with van der Waals surface area (Å²) in [6, 6.07) is 1.35. The minimum absolute atomic E-state index is 0.0307. The van der Waals surface area contributed by atoms with E-state index < -0.39 is 0 Å². The van der Waals surface area contributed by atoms with Crippen LogP contribution in [0.2, 0.25) is 0 Å². The summed E-state index contributed by atoms with van der Waals surface area (Å²) in [5, 5.41) is 0. The summed E-state index contributed by atoms with van der Waals surface area (Å²) in [5.41, 5.74) is 0.400. The van der Waals surface area contributed by atoms with Gasteiger partial charge in [0.1, 0.15) is 5.76 Å². The van der Waals surface area contributed by atoms with E-state index in [9.17, 15) is 9.59 Å². The molecule has 12 heavy (non-hydrogen) atoms. The van der Waals surface area contributed by atoms with Crippen molar-refractivity contribution < 1.29 is 9.21 Å². The van der Waals surface area contributed by atoms with Crippen LogP contribution in [0.25, 0.3) is 6.08 Å². The van der Waals surface area contributed by atoms with E-state index in [0.29, 0.717) is 11.3 Å². The molecule has 0 N–H and O–H groups in total. The average Bonchev–Trinajstić information content (AvgIpc) is 2.04. The molecular weight excluding hydrogens is 156 g/mol. The smallest absolute Gasteiger partial charge is 0.192 e. The van der Waals surface area contributed by atoms with Gasteiger partial charge in [-0.05, 0) is 12.2 Å². The van der Waals surface area contributed by atoms with Gasteiger partial charge in [0.15, 0.2) is 11.2 Å². The second-order valence-electron chi connectivity index (χ2n) is 2.60. The van der Waals surface area contributed by atoms with Gasteiger partial charge in [-0.25, -0.2) is 0 Å². The highest BCUT2D eigenvalue weighted by Gasteiger charge is 2.14. The van der Waals surface area contributed by atoms with Crippen molar-refractivity contribution in [2.24, 2.45) is 0 Å². The molecule has 1 aliphatic carbocycles. The molecule has 0 saturated carbocycles. The fraction of sp³-hybridized carbons (Fsp3) is 0.111. The third kappa shape index (κ3) is 0.993. The number of ketones is 1. The normalized spacial score (nSPS) is 14.5. The Kier molecular flexibility index (Phi) is 1.43. The van der Waals surface area contributed by atoms with Crippen LogP contribution in [0.15, 0.2) is 27.6 Å². The Morgan fingerprint density at radius 3 is 2.92 bits per heavy atom. The van der Waals surface area contributed by atoms with Gasteiger partial charge in [0, 0.05) is 6.07 Å². The lowest BCUT2D eigenvalue weighted by atomic mass is 10.0. The van der Waals surface area contributed by atoms with Crippen LogP contribution in [0, 0.1) is 0 Å². The van der Waals surface area contributed by atoms with E-state index in [2.05, 4.69) is 0 Å². The zero-order valence-corrected chi connectivity index (χ0v) is 6.24. The lowest BCUT2D eigenvalue weighted by Gasteiger charge is -2.05. The summed E-state index contributed by atoms with van der Waals surface area (Å²) in [5.74, 6) is 0.437. The van der Waals surface area contributed by atoms with Gasteiger partial charge in [-0.15, -0.1) is 0 Å². The standard InChI is InChI=1S/C9H6O3/c10-6-1-2-7-8(11)3-4-12-9(7)5-6/h1-4H,5H2. The van der Waals surface area contributed by atoms with Gasteiger partial charge >= 0.3 is 0 Å². The maximum Gasteiger partial charge on any atom is 0.192 e. The van der Waals surface area contributed by atoms with Crippen LogP contribution in [0.4, 0.5) is 0 Å². The molecule has 0 saturated heterocycles. The number of hydrogen-bond donors (Lipinski definition) is 0. The lowest BCUT2D eigenvalue weighted by molar-refractivity contribution is -0.114. The largest absolute Gasteiger partial charge is 0.468 e. The zero-order valence-electron chi connectivity index (χ0n) is 6.24. The Morgan fingerprint density at radius 2 is 2.08 bits per heavy atom. The number of allylic oxidation sites excluding steroid dienone is 1. The van der Waals surface area contributed by atoms with E-state index in [1.807, 2.05) is 0 Å². The van der Waals surface area contributed by atoms with E-state index in [1.165, 1.54) is 24.5 Å². The molecule has 0 atom stereocenters. The Morgan fingerprint density at radius 1 is 1.25 bits per heavy atom. The predicted octanol–water partition coefficient (Wildman–Crippen LogP) is 0.778. The van der Waals surface area contributed by atoms with Crippen LogP contribution in [0.1, 0.15) is 11.3 Å². The maximum absolute atomic E-state index is 11.1. The van der Waals surface area contributed by atoms with Crippen molar-refractivity contribution in [3.8, 4) is 0 Å². The molecule has 3 nitrogen and oxygen atoms in total. The van der Waals surface area contributed by atoms with Gasteiger partial charge in [0.25, 0.3) is 0 Å². The molecule has 0 spiro atoms. The molecule has 1 heterocycles. The van der Waals surface area contributed by atoms with Crippen LogP contribution in [-0.4, -0.2) is 5.78 Å². The van der Waals surface area contributed by atoms with Crippen LogP contribution in [-0.2, 0) is 11.2 Å². The molecular formula is C9H6O3. The molecule has 60 valence electrons. The Balaban J connectivity index is 2.68. The first-order valence-electron chi connectivity index (χ1n) is 3.59. The Bertz CT molecular complexity index is 412. The van der Waals surface area contributed by atoms with Crippen molar-refractivity contribution >= 4 is 11.9 Å². The molecule has 0 bridgehead atoms. The summed E-state index contributed by atoms with van der Waals surface area (Å²) in [4.78, 5) is 22.0. The monoisotopic (exact) mass is 162 g/mol.